The van der Waals surface area contributed by atoms with Crippen molar-refractivity contribution in [1.29, 1.82) is 0 Å². The van der Waals surface area contributed by atoms with E-state index in [9.17, 15) is 0 Å². The molecule has 54 valence electrons. The average Bonchev–Trinajstić information content (AvgIpc) is 1.88. The fourth-order valence-corrected chi connectivity index (χ4v) is 0.861. The monoisotopic (exact) mass is 129 g/mol. The van der Waals surface area contributed by atoms with Crippen LogP contribution in [0.15, 0.2) is 0 Å². The summed E-state index contributed by atoms with van der Waals surface area (Å²) in [5, 5.41) is 3.18. The highest BCUT2D eigenvalue weighted by atomic mass is 16.5. The van der Waals surface area contributed by atoms with E-state index in [0.29, 0.717) is 6.04 Å². The van der Waals surface area contributed by atoms with Gasteiger partial charge in [-0.1, -0.05) is 13.3 Å². The average molecular weight is 129 g/mol. The van der Waals surface area contributed by atoms with E-state index in [4.69, 9.17) is 4.74 Å². The highest BCUT2D eigenvalue weighted by Crippen LogP contribution is 1.94. The van der Waals surface area contributed by atoms with Crippen molar-refractivity contribution >= 4 is 7.98 Å². The van der Waals surface area contributed by atoms with Crippen molar-refractivity contribution in [2.45, 2.75) is 25.8 Å². The molecule has 0 amide bonds. The van der Waals surface area contributed by atoms with Crippen molar-refractivity contribution in [2.75, 3.05) is 13.7 Å². The minimum Gasteiger partial charge on any atom is -0.383 e. The maximum absolute atomic E-state index is 4.98. The van der Waals surface area contributed by atoms with Crippen molar-refractivity contribution < 1.29 is 4.74 Å². The largest absolute Gasteiger partial charge is 0.383 e. The van der Waals surface area contributed by atoms with Gasteiger partial charge in [0, 0.05) is 13.2 Å². The van der Waals surface area contributed by atoms with Gasteiger partial charge in [0.25, 0.3) is 0 Å². The molecule has 9 heavy (non-hydrogen) atoms. The van der Waals surface area contributed by atoms with Gasteiger partial charge in [0.15, 0.2) is 7.98 Å². The van der Waals surface area contributed by atoms with Crippen molar-refractivity contribution in [3.63, 3.8) is 0 Å². The van der Waals surface area contributed by atoms with Gasteiger partial charge in [-0.05, 0) is 6.42 Å². The minimum absolute atomic E-state index is 0.542. The summed E-state index contributed by atoms with van der Waals surface area (Å²) >= 11 is 0. The van der Waals surface area contributed by atoms with Crippen LogP contribution in [-0.4, -0.2) is 27.7 Å². The third-order valence-corrected chi connectivity index (χ3v) is 1.41. The fraction of sp³-hybridized carbons (Fsp3) is 1.00. The zero-order valence-corrected chi connectivity index (χ0v) is 6.61. The van der Waals surface area contributed by atoms with Crippen molar-refractivity contribution in [2.24, 2.45) is 0 Å². The topological polar surface area (TPSA) is 21.3 Å². The molecule has 0 aromatic heterocycles. The van der Waals surface area contributed by atoms with Crippen LogP contribution in [0.2, 0.25) is 0 Å². The smallest absolute Gasteiger partial charge is 0.182 e. The molecule has 1 atom stereocenters. The summed E-state index contributed by atoms with van der Waals surface area (Å²) < 4.78 is 4.98. The molecule has 0 aromatic rings. The van der Waals surface area contributed by atoms with Crippen LogP contribution in [0.1, 0.15) is 19.8 Å². The minimum atomic E-state index is 0.542. The zero-order valence-electron chi connectivity index (χ0n) is 6.61. The molecule has 0 aliphatic carbocycles. The predicted octanol–water partition coefficient (Wildman–Crippen LogP) is -0.0608. The Bertz CT molecular complexity index is 55.0. The lowest BCUT2D eigenvalue weighted by Crippen LogP contribution is -2.30. The van der Waals surface area contributed by atoms with E-state index >= 15 is 0 Å². The summed E-state index contributed by atoms with van der Waals surface area (Å²) in [6, 6.07) is 0.542. The number of nitrogens with one attached hydrogen (secondary N) is 1. The molecular weight excluding hydrogens is 113 g/mol. The molecule has 0 aliphatic rings. The fourth-order valence-electron chi connectivity index (χ4n) is 0.861. The molecule has 0 rings (SSSR count). The first kappa shape index (κ1) is 8.98. The summed E-state index contributed by atoms with van der Waals surface area (Å²) in [4.78, 5) is 0. The van der Waals surface area contributed by atoms with Gasteiger partial charge in [-0.25, -0.2) is 0 Å². The number of methoxy groups -OCH3 is 1. The summed E-state index contributed by atoms with van der Waals surface area (Å²) in [6.07, 6.45) is 2.42. The number of hydrogen-bond donors (Lipinski definition) is 1. The standard InChI is InChI=1S/C6H16BNO/c1-3-4-6(8-7)5-9-2/h6,8H,3-5,7H2,1-2H3. The summed E-state index contributed by atoms with van der Waals surface area (Å²) in [5.41, 5.74) is 0. The molecule has 0 radical (unpaired) electrons. The molecule has 0 aromatic carbocycles. The van der Waals surface area contributed by atoms with Crippen molar-refractivity contribution in [3.8, 4) is 0 Å². The molecule has 0 fully saturated rings. The molecule has 0 aliphatic heterocycles. The number of hydrogen-bond acceptors (Lipinski definition) is 2. The van der Waals surface area contributed by atoms with E-state index in [1.54, 1.807) is 7.11 Å². The van der Waals surface area contributed by atoms with Crippen LogP contribution < -0.4 is 5.23 Å². The quantitative estimate of drug-likeness (QED) is 0.525. The predicted molar refractivity (Wildman–Crippen MR) is 42.3 cm³/mol. The van der Waals surface area contributed by atoms with Crippen molar-refractivity contribution in [1.82, 2.24) is 5.23 Å². The first-order chi connectivity index (χ1) is 4.35. The Labute approximate surface area is 58.4 Å². The molecule has 3 heteroatoms. The van der Waals surface area contributed by atoms with Gasteiger partial charge in [-0.15, -0.1) is 0 Å². The Morgan fingerprint density at radius 3 is 2.67 bits per heavy atom. The van der Waals surface area contributed by atoms with Crippen LogP contribution >= 0.6 is 0 Å². The summed E-state index contributed by atoms with van der Waals surface area (Å²) in [5.74, 6) is 0. The first-order valence-electron chi connectivity index (χ1n) is 3.51. The summed E-state index contributed by atoms with van der Waals surface area (Å²) in [7, 11) is 3.71. The molecule has 0 heterocycles. The molecule has 0 saturated carbocycles. The molecule has 0 saturated heterocycles. The van der Waals surface area contributed by atoms with Crippen LogP contribution in [0.5, 0.6) is 0 Å². The van der Waals surface area contributed by atoms with Crippen LogP contribution in [0.4, 0.5) is 0 Å². The second kappa shape index (κ2) is 6.11. The molecule has 0 spiro atoms. The van der Waals surface area contributed by atoms with Crippen LogP contribution in [0.25, 0.3) is 0 Å². The lowest BCUT2D eigenvalue weighted by atomic mass is 10.1. The highest BCUT2D eigenvalue weighted by Gasteiger charge is 2.00. The Balaban J connectivity index is 3.18. The Kier molecular flexibility index (Phi) is 6.10. The molecule has 0 bridgehead atoms. The molecule has 1 N–H and O–H groups in total. The van der Waals surface area contributed by atoms with Crippen LogP contribution in [0, 0.1) is 0 Å². The van der Waals surface area contributed by atoms with E-state index in [2.05, 4.69) is 12.2 Å². The zero-order chi connectivity index (χ0) is 7.11. The van der Waals surface area contributed by atoms with Gasteiger partial charge in [0.05, 0.1) is 6.61 Å². The van der Waals surface area contributed by atoms with Gasteiger partial charge in [-0.3, -0.25) is 0 Å². The second-order valence-electron chi connectivity index (χ2n) is 2.23. The number of ether oxygens (including phenoxy) is 1. The third-order valence-electron chi connectivity index (χ3n) is 1.41. The van der Waals surface area contributed by atoms with E-state index in [1.165, 1.54) is 12.8 Å². The van der Waals surface area contributed by atoms with E-state index in [0.717, 1.165) is 6.61 Å². The lowest BCUT2D eigenvalue weighted by molar-refractivity contribution is 0.171. The van der Waals surface area contributed by atoms with Crippen LogP contribution in [0.3, 0.4) is 0 Å². The Hall–Kier alpha value is -0.0151. The molecular formula is C6H16BNO. The third kappa shape index (κ3) is 4.49. The van der Waals surface area contributed by atoms with Crippen molar-refractivity contribution in [3.05, 3.63) is 0 Å². The summed E-state index contributed by atoms with van der Waals surface area (Å²) in [6.45, 7) is 3.00. The van der Waals surface area contributed by atoms with Crippen LogP contribution in [-0.2, 0) is 4.74 Å². The SMILES string of the molecule is BNC(CCC)COC. The maximum atomic E-state index is 4.98. The highest BCUT2D eigenvalue weighted by molar-refractivity contribution is 6.04. The van der Waals surface area contributed by atoms with Gasteiger partial charge in [-0.2, -0.15) is 0 Å². The lowest BCUT2D eigenvalue weighted by Gasteiger charge is -2.12. The van der Waals surface area contributed by atoms with E-state index < -0.39 is 0 Å². The van der Waals surface area contributed by atoms with Gasteiger partial charge in [0.1, 0.15) is 0 Å². The Morgan fingerprint density at radius 2 is 2.33 bits per heavy atom. The Morgan fingerprint density at radius 1 is 1.67 bits per heavy atom. The molecule has 2 nitrogen and oxygen atoms in total. The van der Waals surface area contributed by atoms with Gasteiger partial charge in [0.2, 0.25) is 0 Å². The maximum Gasteiger partial charge on any atom is 0.182 e. The molecule has 1 unspecified atom stereocenters. The first-order valence-corrected chi connectivity index (χ1v) is 3.51. The number of rotatable bonds is 5. The van der Waals surface area contributed by atoms with Gasteiger partial charge >= 0.3 is 0 Å². The normalized spacial score (nSPS) is 13.6. The second-order valence-corrected chi connectivity index (χ2v) is 2.23. The van der Waals surface area contributed by atoms with Gasteiger partial charge < -0.3 is 9.96 Å². The van der Waals surface area contributed by atoms with E-state index in [1.807, 2.05) is 7.98 Å². The van der Waals surface area contributed by atoms with E-state index in [-0.39, 0.29) is 0 Å².